The minimum absolute atomic E-state index is 0.0841. The second-order valence-corrected chi connectivity index (χ2v) is 5.38. The van der Waals surface area contributed by atoms with E-state index in [1.54, 1.807) is 25.3 Å². The van der Waals surface area contributed by atoms with E-state index in [0.717, 1.165) is 24.8 Å². The number of amides is 1. The first kappa shape index (κ1) is 13.3. The summed E-state index contributed by atoms with van der Waals surface area (Å²) in [6.45, 7) is 0. The van der Waals surface area contributed by atoms with E-state index >= 15 is 0 Å². The standard InChI is InChI=1S/C14H16N2O3S/c1-18-11-4-2-3-9(11)15-13(17)8-5-6-10-12(7-8)19-14(20)16-10/h5-7,9,11H,2-4H2,1H3,(H,15,17)(H,16,20)/t9-,11+/m1/s1. The van der Waals surface area contributed by atoms with Crippen molar-refractivity contribution < 1.29 is 13.9 Å². The van der Waals surface area contributed by atoms with Crippen LogP contribution in [-0.2, 0) is 4.74 Å². The number of oxazole rings is 1. The van der Waals surface area contributed by atoms with Gasteiger partial charge in [0.05, 0.1) is 17.7 Å². The van der Waals surface area contributed by atoms with Crippen LogP contribution in [0.4, 0.5) is 0 Å². The normalized spacial score (nSPS) is 22.2. The molecule has 0 unspecified atom stereocenters. The molecule has 1 fully saturated rings. The van der Waals surface area contributed by atoms with E-state index in [4.69, 9.17) is 21.4 Å². The second kappa shape index (κ2) is 5.38. The monoisotopic (exact) mass is 292 g/mol. The third-order valence-corrected chi connectivity index (χ3v) is 3.94. The van der Waals surface area contributed by atoms with Gasteiger partial charge >= 0.3 is 0 Å². The summed E-state index contributed by atoms with van der Waals surface area (Å²) in [5, 5.41) is 3.03. The first-order chi connectivity index (χ1) is 9.67. The van der Waals surface area contributed by atoms with Crippen LogP contribution >= 0.6 is 12.2 Å². The number of benzene rings is 1. The molecule has 1 saturated carbocycles. The Kier molecular flexibility index (Phi) is 3.58. The summed E-state index contributed by atoms with van der Waals surface area (Å²) in [6, 6.07) is 5.34. The van der Waals surface area contributed by atoms with E-state index in [9.17, 15) is 4.79 Å². The molecule has 0 aliphatic heterocycles. The van der Waals surface area contributed by atoms with Gasteiger partial charge < -0.3 is 19.5 Å². The zero-order chi connectivity index (χ0) is 14.1. The van der Waals surface area contributed by atoms with Crippen molar-refractivity contribution in [2.24, 2.45) is 0 Å². The lowest BCUT2D eigenvalue weighted by Crippen LogP contribution is -2.40. The van der Waals surface area contributed by atoms with Gasteiger partial charge in [-0.25, -0.2) is 0 Å². The zero-order valence-corrected chi connectivity index (χ0v) is 12.0. The molecule has 106 valence electrons. The van der Waals surface area contributed by atoms with Crippen LogP contribution in [0, 0.1) is 4.84 Å². The molecule has 0 bridgehead atoms. The Hall–Kier alpha value is -1.66. The molecule has 1 heterocycles. The van der Waals surface area contributed by atoms with Crippen LogP contribution in [-0.4, -0.2) is 30.1 Å². The summed E-state index contributed by atoms with van der Waals surface area (Å²) >= 11 is 4.93. The minimum Gasteiger partial charge on any atom is -0.429 e. The Morgan fingerprint density at radius 2 is 2.35 bits per heavy atom. The molecule has 1 aliphatic carbocycles. The molecule has 1 aromatic carbocycles. The SMILES string of the molecule is CO[C@H]1CCC[C@H]1NC(=O)c1ccc2[nH]c(=S)oc2c1. The van der Waals surface area contributed by atoms with Gasteiger partial charge in [-0.3, -0.25) is 4.79 Å². The van der Waals surface area contributed by atoms with Crippen molar-refractivity contribution in [3.8, 4) is 0 Å². The molecule has 2 atom stereocenters. The Morgan fingerprint density at radius 1 is 1.50 bits per heavy atom. The van der Waals surface area contributed by atoms with E-state index in [1.165, 1.54) is 0 Å². The number of aromatic amines is 1. The van der Waals surface area contributed by atoms with Crippen molar-refractivity contribution in [1.29, 1.82) is 0 Å². The minimum atomic E-state index is -0.108. The van der Waals surface area contributed by atoms with Gasteiger partial charge in [-0.1, -0.05) is 0 Å². The summed E-state index contributed by atoms with van der Waals surface area (Å²) in [4.78, 5) is 15.5. The molecule has 1 aliphatic rings. The van der Waals surface area contributed by atoms with Gasteiger partial charge in [-0.2, -0.15) is 0 Å². The highest BCUT2D eigenvalue weighted by Gasteiger charge is 2.28. The summed E-state index contributed by atoms with van der Waals surface area (Å²) in [6.07, 6.45) is 3.14. The Balaban J connectivity index is 1.79. The quantitative estimate of drug-likeness (QED) is 0.854. The number of carbonyl (C=O) groups excluding carboxylic acids is 1. The number of ether oxygens (including phenoxy) is 1. The first-order valence-electron chi connectivity index (χ1n) is 6.64. The first-order valence-corrected chi connectivity index (χ1v) is 7.05. The molecular formula is C14H16N2O3S. The van der Waals surface area contributed by atoms with Gasteiger partial charge in [0.15, 0.2) is 5.58 Å². The number of fused-ring (bicyclic) bond motifs is 1. The number of aromatic nitrogens is 1. The van der Waals surface area contributed by atoms with Gasteiger partial charge in [-0.05, 0) is 49.7 Å². The van der Waals surface area contributed by atoms with Crippen molar-refractivity contribution in [1.82, 2.24) is 10.3 Å². The number of hydrogen-bond donors (Lipinski definition) is 2. The third-order valence-electron chi connectivity index (χ3n) is 3.75. The van der Waals surface area contributed by atoms with E-state index in [2.05, 4.69) is 10.3 Å². The van der Waals surface area contributed by atoms with E-state index in [-0.39, 0.29) is 18.1 Å². The Morgan fingerprint density at radius 3 is 3.15 bits per heavy atom. The van der Waals surface area contributed by atoms with E-state index in [1.807, 2.05) is 0 Å². The molecule has 1 amide bonds. The smallest absolute Gasteiger partial charge is 0.266 e. The van der Waals surface area contributed by atoms with Crippen LogP contribution < -0.4 is 5.32 Å². The van der Waals surface area contributed by atoms with Gasteiger partial charge in [0.1, 0.15) is 0 Å². The lowest BCUT2D eigenvalue weighted by Gasteiger charge is -2.19. The zero-order valence-electron chi connectivity index (χ0n) is 11.1. The largest absolute Gasteiger partial charge is 0.429 e. The van der Waals surface area contributed by atoms with Gasteiger partial charge in [0, 0.05) is 12.7 Å². The lowest BCUT2D eigenvalue weighted by molar-refractivity contribution is 0.0722. The maximum atomic E-state index is 12.3. The number of nitrogens with one attached hydrogen (secondary N) is 2. The van der Waals surface area contributed by atoms with Crippen molar-refractivity contribution in [3.05, 3.63) is 28.6 Å². The molecule has 2 N–H and O–H groups in total. The predicted molar refractivity (Wildman–Crippen MR) is 77.3 cm³/mol. The van der Waals surface area contributed by atoms with Crippen LogP contribution in [0.2, 0.25) is 0 Å². The molecule has 0 spiro atoms. The van der Waals surface area contributed by atoms with Gasteiger partial charge in [0.25, 0.3) is 10.7 Å². The van der Waals surface area contributed by atoms with Crippen molar-refractivity contribution >= 4 is 29.2 Å². The fraction of sp³-hybridized carbons (Fsp3) is 0.429. The number of H-pyrrole nitrogens is 1. The highest BCUT2D eigenvalue weighted by Crippen LogP contribution is 2.22. The maximum absolute atomic E-state index is 12.3. The Labute approximate surface area is 121 Å². The van der Waals surface area contributed by atoms with Crippen molar-refractivity contribution in [2.45, 2.75) is 31.4 Å². The molecule has 5 nitrogen and oxygen atoms in total. The second-order valence-electron chi connectivity index (χ2n) is 5.01. The highest BCUT2D eigenvalue weighted by molar-refractivity contribution is 7.71. The summed E-state index contributed by atoms with van der Waals surface area (Å²) < 4.78 is 10.7. The van der Waals surface area contributed by atoms with Crippen molar-refractivity contribution in [2.75, 3.05) is 7.11 Å². The third kappa shape index (κ3) is 2.48. The van der Waals surface area contributed by atoms with Gasteiger partial charge in [-0.15, -0.1) is 0 Å². The number of carbonyl (C=O) groups is 1. The topological polar surface area (TPSA) is 67.3 Å². The van der Waals surface area contributed by atoms with E-state index in [0.29, 0.717) is 16.0 Å². The summed E-state index contributed by atoms with van der Waals surface area (Å²) in [7, 11) is 1.69. The van der Waals surface area contributed by atoms with Crippen LogP contribution in [0.1, 0.15) is 29.6 Å². The Bertz CT molecular complexity index is 691. The average Bonchev–Trinajstić information content (AvgIpc) is 3.02. The molecule has 1 aromatic heterocycles. The lowest BCUT2D eigenvalue weighted by atomic mass is 10.1. The summed E-state index contributed by atoms with van der Waals surface area (Å²) in [5.41, 5.74) is 1.96. The molecule has 6 heteroatoms. The van der Waals surface area contributed by atoms with Crippen LogP contribution in [0.3, 0.4) is 0 Å². The average molecular weight is 292 g/mol. The van der Waals surface area contributed by atoms with Crippen LogP contribution in [0.25, 0.3) is 11.1 Å². The summed E-state index contributed by atoms with van der Waals surface area (Å²) in [5.74, 6) is -0.108. The van der Waals surface area contributed by atoms with Crippen LogP contribution in [0.5, 0.6) is 0 Å². The fourth-order valence-corrected chi connectivity index (χ4v) is 2.91. The maximum Gasteiger partial charge on any atom is 0.266 e. The predicted octanol–water partition coefficient (Wildman–Crippen LogP) is 2.79. The van der Waals surface area contributed by atoms with Crippen LogP contribution in [0.15, 0.2) is 22.6 Å². The highest BCUT2D eigenvalue weighted by atomic mass is 32.1. The molecule has 2 aromatic rings. The number of methoxy groups -OCH3 is 1. The fourth-order valence-electron chi connectivity index (χ4n) is 2.71. The number of hydrogen-bond acceptors (Lipinski definition) is 4. The molecule has 20 heavy (non-hydrogen) atoms. The molecule has 0 saturated heterocycles. The molecule has 0 radical (unpaired) electrons. The number of rotatable bonds is 3. The van der Waals surface area contributed by atoms with Crippen molar-refractivity contribution in [3.63, 3.8) is 0 Å². The van der Waals surface area contributed by atoms with E-state index < -0.39 is 0 Å². The van der Waals surface area contributed by atoms with Gasteiger partial charge in [0.2, 0.25) is 0 Å². The molecule has 3 rings (SSSR count). The molecular weight excluding hydrogens is 276 g/mol.